The Bertz CT molecular complexity index is 1050. The predicted molar refractivity (Wildman–Crippen MR) is 108 cm³/mol. The Morgan fingerprint density at radius 3 is 2.79 bits per heavy atom. The van der Waals surface area contributed by atoms with Crippen LogP contribution in [-0.2, 0) is 13.2 Å². The third-order valence-electron chi connectivity index (χ3n) is 4.08. The van der Waals surface area contributed by atoms with Gasteiger partial charge in [0.25, 0.3) is 5.91 Å². The van der Waals surface area contributed by atoms with Crippen LogP contribution in [-0.4, -0.2) is 21.1 Å². The van der Waals surface area contributed by atoms with E-state index < -0.39 is 0 Å². The summed E-state index contributed by atoms with van der Waals surface area (Å²) in [6.07, 6.45) is 1.67. The van der Waals surface area contributed by atoms with Crippen LogP contribution in [0.2, 0.25) is 0 Å². The molecule has 0 aliphatic carbocycles. The van der Waals surface area contributed by atoms with Crippen LogP contribution in [0.5, 0.6) is 5.88 Å². The number of hydrogen-bond acceptors (Lipinski definition) is 5. The molecule has 0 spiro atoms. The maximum Gasteiger partial charge on any atom is 0.272 e. The van der Waals surface area contributed by atoms with Gasteiger partial charge in [0, 0.05) is 18.8 Å². The number of pyridine rings is 1. The zero-order valence-electron chi connectivity index (χ0n) is 15.0. The molecule has 7 heteroatoms. The van der Waals surface area contributed by atoms with Gasteiger partial charge in [-0.1, -0.05) is 36.4 Å². The first kappa shape index (κ1) is 17.9. The Labute approximate surface area is 166 Å². The summed E-state index contributed by atoms with van der Waals surface area (Å²) in [5, 5.41) is 11.9. The van der Waals surface area contributed by atoms with E-state index >= 15 is 0 Å². The summed E-state index contributed by atoms with van der Waals surface area (Å²) in [5.74, 6) is 0.290. The van der Waals surface area contributed by atoms with Crippen LogP contribution in [0.1, 0.15) is 21.6 Å². The van der Waals surface area contributed by atoms with Gasteiger partial charge < -0.3 is 10.1 Å². The van der Waals surface area contributed by atoms with Crippen LogP contribution >= 0.6 is 11.3 Å². The molecular weight excluding hydrogens is 372 g/mol. The molecule has 3 heterocycles. The molecule has 0 radical (unpaired) electrons. The molecule has 28 heavy (non-hydrogen) atoms. The number of nitrogens with one attached hydrogen (secondary N) is 2. The molecule has 4 rings (SSSR count). The van der Waals surface area contributed by atoms with Crippen LogP contribution in [0.3, 0.4) is 0 Å². The van der Waals surface area contributed by atoms with Gasteiger partial charge in [-0.05, 0) is 34.7 Å². The number of ether oxygens (including phenoxy) is 1. The van der Waals surface area contributed by atoms with Crippen molar-refractivity contribution in [3.63, 3.8) is 0 Å². The van der Waals surface area contributed by atoms with Crippen molar-refractivity contribution in [3.8, 4) is 16.5 Å². The Hall–Kier alpha value is -3.45. The van der Waals surface area contributed by atoms with Crippen molar-refractivity contribution in [3.05, 3.63) is 89.1 Å². The minimum atomic E-state index is -0.234. The lowest BCUT2D eigenvalue weighted by Crippen LogP contribution is -2.23. The molecule has 4 aromatic rings. The van der Waals surface area contributed by atoms with E-state index in [1.165, 1.54) is 0 Å². The normalized spacial score (nSPS) is 10.6. The van der Waals surface area contributed by atoms with Gasteiger partial charge in [0.05, 0.1) is 10.6 Å². The SMILES string of the molecule is O=C(NCc1ccnc(OCc2ccccc2)c1)c1cc(-c2cccs2)[nH]n1. The minimum Gasteiger partial charge on any atom is -0.473 e. The van der Waals surface area contributed by atoms with Gasteiger partial charge in [-0.2, -0.15) is 5.10 Å². The number of aromatic nitrogens is 3. The topological polar surface area (TPSA) is 79.9 Å². The lowest BCUT2D eigenvalue weighted by Gasteiger charge is -2.08. The summed E-state index contributed by atoms with van der Waals surface area (Å²) in [4.78, 5) is 17.6. The highest BCUT2D eigenvalue weighted by atomic mass is 32.1. The average molecular weight is 390 g/mol. The highest BCUT2D eigenvalue weighted by Gasteiger charge is 2.12. The van der Waals surface area contributed by atoms with Crippen LogP contribution in [0.4, 0.5) is 0 Å². The second-order valence-corrected chi connectivity index (χ2v) is 7.05. The molecular formula is C21H18N4O2S. The van der Waals surface area contributed by atoms with Crippen molar-refractivity contribution < 1.29 is 9.53 Å². The van der Waals surface area contributed by atoms with Crippen molar-refractivity contribution in [2.75, 3.05) is 0 Å². The number of rotatable bonds is 7. The Morgan fingerprint density at radius 2 is 1.96 bits per heavy atom. The molecule has 3 aromatic heterocycles. The standard InChI is InChI=1S/C21H18N4O2S/c26-21(18-12-17(24-25-18)19-7-4-10-28-19)23-13-16-8-9-22-20(11-16)27-14-15-5-2-1-3-6-15/h1-12H,13-14H2,(H,23,26)(H,24,25). The predicted octanol–water partition coefficient (Wildman–Crippen LogP) is 4.04. The number of amides is 1. The highest BCUT2D eigenvalue weighted by molar-refractivity contribution is 7.13. The number of carbonyl (C=O) groups excluding carboxylic acids is 1. The largest absolute Gasteiger partial charge is 0.473 e. The Kier molecular flexibility index (Phi) is 5.44. The monoisotopic (exact) mass is 390 g/mol. The van der Waals surface area contributed by atoms with Crippen molar-refractivity contribution in [2.45, 2.75) is 13.2 Å². The van der Waals surface area contributed by atoms with E-state index in [2.05, 4.69) is 20.5 Å². The van der Waals surface area contributed by atoms with E-state index in [-0.39, 0.29) is 5.91 Å². The zero-order chi connectivity index (χ0) is 19.2. The summed E-state index contributed by atoms with van der Waals surface area (Å²) in [5.41, 5.74) is 3.17. The first-order chi connectivity index (χ1) is 13.8. The third-order valence-corrected chi connectivity index (χ3v) is 4.98. The van der Waals surface area contributed by atoms with Crippen LogP contribution in [0.25, 0.3) is 10.6 Å². The molecule has 0 bridgehead atoms. The lowest BCUT2D eigenvalue weighted by atomic mass is 10.2. The number of H-pyrrole nitrogens is 1. The maximum atomic E-state index is 12.4. The van der Waals surface area contributed by atoms with Crippen molar-refractivity contribution in [1.29, 1.82) is 0 Å². The fourth-order valence-corrected chi connectivity index (χ4v) is 3.33. The third kappa shape index (κ3) is 4.44. The van der Waals surface area contributed by atoms with E-state index in [1.807, 2.05) is 60.0 Å². The maximum absolute atomic E-state index is 12.4. The summed E-state index contributed by atoms with van der Waals surface area (Å²) in [6.45, 7) is 0.812. The first-order valence-corrected chi connectivity index (χ1v) is 9.65. The van der Waals surface area contributed by atoms with E-state index in [9.17, 15) is 4.79 Å². The molecule has 0 aliphatic heterocycles. The average Bonchev–Trinajstić information content (AvgIpc) is 3.43. The Balaban J connectivity index is 1.34. The summed E-state index contributed by atoms with van der Waals surface area (Å²) in [6, 6.07) is 19.3. The second kappa shape index (κ2) is 8.49. The van der Waals surface area contributed by atoms with Gasteiger partial charge in [0.1, 0.15) is 6.61 Å². The number of aromatic amines is 1. The molecule has 0 atom stereocenters. The molecule has 1 aromatic carbocycles. The van der Waals surface area contributed by atoms with Crippen molar-refractivity contribution >= 4 is 17.2 Å². The molecule has 6 nitrogen and oxygen atoms in total. The molecule has 0 saturated carbocycles. The highest BCUT2D eigenvalue weighted by Crippen LogP contribution is 2.22. The number of hydrogen-bond donors (Lipinski definition) is 2. The van der Waals surface area contributed by atoms with E-state index in [4.69, 9.17) is 4.74 Å². The molecule has 2 N–H and O–H groups in total. The van der Waals surface area contributed by atoms with Crippen LogP contribution in [0, 0.1) is 0 Å². The van der Waals surface area contributed by atoms with Gasteiger partial charge in [-0.25, -0.2) is 4.98 Å². The van der Waals surface area contributed by atoms with Gasteiger partial charge in [0.15, 0.2) is 5.69 Å². The summed E-state index contributed by atoms with van der Waals surface area (Å²) < 4.78 is 5.73. The smallest absolute Gasteiger partial charge is 0.272 e. The summed E-state index contributed by atoms with van der Waals surface area (Å²) in [7, 11) is 0. The zero-order valence-corrected chi connectivity index (χ0v) is 15.8. The molecule has 0 aliphatic rings. The van der Waals surface area contributed by atoms with Gasteiger partial charge in [-0.15, -0.1) is 11.3 Å². The summed E-state index contributed by atoms with van der Waals surface area (Å²) >= 11 is 1.59. The van der Waals surface area contributed by atoms with Gasteiger partial charge in [0.2, 0.25) is 5.88 Å². The van der Waals surface area contributed by atoms with Gasteiger partial charge in [-0.3, -0.25) is 9.89 Å². The lowest BCUT2D eigenvalue weighted by molar-refractivity contribution is 0.0946. The number of benzene rings is 1. The Morgan fingerprint density at radius 1 is 1.07 bits per heavy atom. The fourth-order valence-electron chi connectivity index (χ4n) is 2.64. The quantitative estimate of drug-likeness (QED) is 0.499. The fraction of sp³-hybridized carbons (Fsp3) is 0.0952. The number of thiophene rings is 1. The minimum absolute atomic E-state index is 0.234. The molecule has 0 saturated heterocycles. The molecule has 1 amide bonds. The molecule has 140 valence electrons. The van der Waals surface area contributed by atoms with Crippen LogP contribution in [0.15, 0.2) is 72.2 Å². The second-order valence-electron chi connectivity index (χ2n) is 6.10. The van der Waals surface area contributed by atoms with E-state index in [0.717, 1.165) is 21.7 Å². The molecule has 0 fully saturated rings. The number of carbonyl (C=O) groups is 1. The first-order valence-electron chi connectivity index (χ1n) is 8.77. The van der Waals surface area contributed by atoms with Gasteiger partial charge >= 0.3 is 0 Å². The van der Waals surface area contributed by atoms with Crippen LogP contribution < -0.4 is 10.1 Å². The van der Waals surface area contributed by atoms with Crippen molar-refractivity contribution in [2.24, 2.45) is 0 Å². The number of nitrogens with zero attached hydrogens (tertiary/aromatic N) is 2. The molecule has 0 unspecified atom stereocenters. The van der Waals surface area contributed by atoms with E-state index in [1.54, 1.807) is 23.6 Å². The van der Waals surface area contributed by atoms with Crippen molar-refractivity contribution in [1.82, 2.24) is 20.5 Å². The van der Waals surface area contributed by atoms with E-state index in [0.29, 0.717) is 24.7 Å².